The molecule has 2 N–H and O–H groups in total. The van der Waals surface area contributed by atoms with Gasteiger partial charge in [-0.25, -0.2) is 0 Å². The van der Waals surface area contributed by atoms with E-state index in [4.69, 9.17) is 12.2 Å². The highest BCUT2D eigenvalue weighted by molar-refractivity contribution is 7.71. The second-order valence-electron chi connectivity index (χ2n) is 5.88. The lowest BCUT2D eigenvalue weighted by molar-refractivity contribution is 0.362. The van der Waals surface area contributed by atoms with Crippen LogP contribution in [0, 0.1) is 9.93 Å². The summed E-state index contributed by atoms with van der Waals surface area (Å²) < 4.78 is 0.446. The molecule has 4 heteroatoms. The van der Waals surface area contributed by atoms with Crippen LogP contribution in [-0.4, -0.2) is 13.1 Å². The van der Waals surface area contributed by atoms with Crippen molar-refractivity contribution < 1.29 is 0 Å². The maximum atomic E-state index is 11.5. The van der Waals surface area contributed by atoms with E-state index in [9.17, 15) is 4.79 Å². The SMILES string of the molecule is CCNc1c(NCCCCC(C)(C)C)c(=S)c1=O. The molecule has 0 saturated heterocycles. The number of anilines is 2. The van der Waals surface area contributed by atoms with Crippen molar-refractivity contribution in [3.8, 4) is 0 Å². The molecule has 0 spiro atoms. The number of rotatable bonds is 7. The Labute approximate surface area is 115 Å². The van der Waals surface area contributed by atoms with Crippen LogP contribution in [0.1, 0.15) is 47.0 Å². The second kappa shape index (κ2) is 6.32. The normalized spacial score (nSPS) is 11.8. The molecule has 1 rings (SSSR count). The van der Waals surface area contributed by atoms with Gasteiger partial charge in [0, 0.05) is 13.1 Å². The molecule has 1 aromatic carbocycles. The topological polar surface area (TPSA) is 41.1 Å². The minimum atomic E-state index is -0.0240. The van der Waals surface area contributed by atoms with Crippen molar-refractivity contribution in [2.75, 3.05) is 23.7 Å². The molecule has 0 saturated carbocycles. The molecule has 0 aromatic heterocycles. The van der Waals surface area contributed by atoms with Crippen LogP contribution in [0.2, 0.25) is 0 Å². The Balaban J connectivity index is 2.34. The van der Waals surface area contributed by atoms with Crippen molar-refractivity contribution >= 4 is 23.6 Å². The molecular formula is C14H24N2OS. The van der Waals surface area contributed by atoms with Gasteiger partial charge in [0.15, 0.2) is 0 Å². The van der Waals surface area contributed by atoms with Crippen LogP contribution in [-0.2, 0) is 0 Å². The summed E-state index contributed by atoms with van der Waals surface area (Å²) in [4.78, 5) is 11.5. The third-order valence-corrected chi connectivity index (χ3v) is 3.31. The van der Waals surface area contributed by atoms with Gasteiger partial charge in [0.2, 0.25) is 5.43 Å². The Morgan fingerprint density at radius 2 is 1.78 bits per heavy atom. The van der Waals surface area contributed by atoms with Crippen molar-refractivity contribution in [2.45, 2.75) is 47.0 Å². The Morgan fingerprint density at radius 1 is 1.11 bits per heavy atom. The van der Waals surface area contributed by atoms with E-state index in [-0.39, 0.29) is 5.43 Å². The highest BCUT2D eigenvalue weighted by Crippen LogP contribution is 2.24. The van der Waals surface area contributed by atoms with E-state index >= 15 is 0 Å². The first-order valence-electron chi connectivity index (χ1n) is 6.68. The van der Waals surface area contributed by atoms with E-state index in [0.717, 1.165) is 25.2 Å². The van der Waals surface area contributed by atoms with Gasteiger partial charge in [-0.05, 0) is 25.2 Å². The number of hydrogen-bond donors (Lipinski definition) is 2. The Hall–Kier alpha value is -0.900. The molecule has 0 aliphatic heterocycles. The maximum absolute atomic E-state index is 11.5. The minimum Gasteiger partial charge on any atom is -0.382 e. The van der Waals surface area contributed by atoms with Crippen LogP contribution in [0.15, 0.2) is 4.79 Å². The molecule has 0 heterocycles. The fraction of sp³-hybridized carbons (Fsp3) is 0.714. The quantitative estimate of drug-likeness (QED) is 0.584. The molecule has 0 bridgehead atoms. The Kier molecular flexibility index (Phi) is 5.32. The predicted octanol–water partition coefficient (Wildman–Crippen LogP) is 3.71. The zero-order valence-corrected chi connectivity index (χ0v) is 12.7. The summed E-state index contributed by atoms with van der Waals surface area (Å²) in [6.07, 6.45) is 3.52. The third kappa shape index (κ3) is 4.09. The summed E-state index contributed by atoms with van der Waals surface area (Å²) in [6.45, 7) is 10.4. The molecule has 0 fully saturated rings. The zero-order valence-electron chi connectivity index (χ0n) is 11.9. The first-order chi connectivity index (χ1) is 8.37. The lowest BCUT2D eigenvalue weighted by Crippen LogP contribution is -2.22. The molecule has 3 nitrogen and oxygen atoms in total. The van der Waals surface area contributed by atoms with Crippen molar-refractivity contribution in [1.29, 1.82) is 0 Å². The summed E-state index contributed by atoms with van der Waals surface area (Å²) in [5.74, 6) is 0. The van der Waals surface area contributed by atoms with Gasteiger partial charge in [0.1, 0.15) is 10.2 Å². The van der Waals surface area contributed by atoms with E-state index in [1.54, 1.807) is 0 Å². The third-order valence-electron chi connectivity index (χ3n) is 2.92. The summed E-state index contributed by atoms with van der Waals surface area (Å²) in [5, 5.41) is 6.33. The molecule has 0 amide bonds. The molecule has 0 radical (unpaired) electrons. The van der Waals surface area contributed by atoms with Gasteiger partial charge in [0.25, 0.3) is 0 Å². The highest BCUT2D eigenvalue weighted by atomic mass is 32.1. The highest BCUT2D eigenvalue weighted by Gasteiger charge is 2.16. The second-order valence-corrected chi connectivity index (χ2v) is 6.29. The molecule has 0 atom stereocenters. The molecule has 0 aliphatic rings. The maximum Gasteiger partial charge on any atom is 0.223 e. The summed E-state index contributed by atoms with van der Waals surface area (Å²) in [5.41, 5.74) is 1.88. The van der Waals surface area contributed by atoms with Gasteiger partial charge in [-0.2, -0.15) is 0 Å². The van der Waals surface area contributed by atoms with Crippen molar-refractivity contribution in [3.63, 3.8) is 0 Å². The van der Waals surface area contributed by atoms with E-state index in [1.807, 2.05) is 6.92 Å². The van der Waals surface area contributed by atoms with Gasteiger partial charge in [-0.1, -0.05) is 39.4 Å². The smallest absolute Gasteiger partial charge is 0.223 e. The van der Waals surface area contributed by atoms with E-state index < -0.39 is 0 Å². The van der Waals surface area contributed by atoms with Crippen molar-refractivity contribution in [2.24, 2.45) is 5.41 Å². The van der Waals surface area contributed by atoms with Crippen molar-refractivity contribution in [3.05, 3.63) is 14.7 Å². The molecule has 0 aliphatic carbocycles. The van der Waals surface area contributed by atoms with Gasteiger partial charge in [-0.15, -0.1) is 0 Å². The summed E-state index contributed by atoms with van der Waals surface area (Å²) in [6, 6.07) is 0. The molecular weight excluding hydrogens is 244 g/mol. The number of nitrogens with one attached hydrogen (secondary N) is 2. The number of hydrogen-bond acceptors (Lipinski definition) is 4. The fourth-order valence-electron chi connectivity index (χ4n) is 1.90. The molecule has 1 aromatic rings. The standard InChI is InChI=1S/C14H24N2OS/c1-5-15-10-11(13(18)12(10)17)16-9-7-6-8-14(2,3)4/h15-16H,5-9H2,1-4H3. The van der Waals surface area contributed by atoms with Gasteiger partial charge in [-0.3, -0.25) is 4.79 Å². The van der Waals surface area contributed by atoms with E-state index in [1.165, 1.54) is 12.8 Å². The molecule has 102 valence electrons. The average molecular weight is 268 g/mol. The van der Waals surface area contributed by atoms with Crippen LogP contribution >= 0.6 is 12.2 Å². The largest absolute Gasteiger partial charge is 0.382 e. The monoisotopic (exact) mass is 268 g/mol. The van der Waals surface area contributed by atoms with Crippen molar-refractivity contribution in [1.82, 2.24) is 0 Å². The first-order valence-corrected chi connectivity index (χ1v) is 7.08. The molecule has 18 heavy (non-hydrogen) atoms. The van der Waals surface area contributed by atoms with Crippen LogP contribution in [0.4, 0.5) is 11.4 Å². The van der Waals surface area contributed by atoms with Crippen LogP contribution in [0.3, 0.4) is 0 Å². The van der Waals surface area contributed by atoms with Gasteiger partial charge < -0.3 is 10.6 Å². The first kappa shape index (κ1) is 15.2. The van der Waals surface area contributed by atoms with Crippen LogP contribution < -0.4 is 16.1 Å². The Morgan fingerprint density at radius 3 is 2.33 bits per heavy atom. The lowest BCUT2D eigenvalue weighted by atomic mass is 9.90. The number of unbranched alkanes of at least 4 members (excludes halogenated alkanes) is 1. The predicted molar refractivity (Wildman–Crippen MR) is 81.9 cm³/mol. The van der Waals surface area contributed by atoms with Crippen LogP contribution in [0.5, 0.6) is 0 Å². The minimum absolute atomic E-state index is 0.0240. The average Bonchev–Trinajstić information content (AvgIpc) is 2.29. The van der Waals surface area contributed by atoms with Crippen LogP contribution in [0.25, 0.3) is 0 Å². The van der Waals surface area contributed by atoms with Gasteiger partial charge in [0.05, 0.1) is 5.69 Å². The van der Waals surface area contributed by atoms with Gasteiger partial charge >= 0.3 is 0 Å². The van der Waals surface area contributed by atoms with E-state index in [2.05, 4.69) is 31.4 Å². The lowest BCUT2D eigenvalue weighted by Gasteiger charge is -2.18. The molecule has 0 unspecified atom stereocenters. The fourth-order valence-corrected chi connectivity index (χ4v) is 2.18. The summed E-state index contributed by atoms with van der Waals surface area (Å²) in [7, 11) is 0. The zero-order chi connectivity index (χ0) is 13.8. The van der Waals surface area contributed by atoms with E-state index in [0.29, 0.717) is 15.6 Å². The summed E-state index contributed by atoms with van der Waals surface area (Å²) >= 11 is 5.05. The Bertz CT molecular complexity index is 453.